The summed E-state index contributed by atoms with van der Waals surface area (Å²) in [5, 5.41) is 6.00. The Morgan fingerprint density at radius 3 is 2.55 bits per heavy atom. The Hall–Kier alpha value is -2.30. The van der Waals surface area contributed by atoms with Crippen LogP contribution in [-0.2, 0) is 30.5 Å². The van der Waals surface area contributed by atoms with Crippen LogP contribution in [0.5, 0.6) is 0 Å². The number of guanidine groups is 1. The first-order valence-electron chi connectivity index (χ1n) is 9.89. The maximum atomic E-state index is 12.9. The van der Waals surface area contributed by atoms with Gasteiger partial charge in [0.05, 0.1) is 18.7 Å². The van der Waals surface area contributed by atoms with Crippen LogP contribution in [0, 0.1) is 0 Å². The fourth-order valence-corrected chi connectivity index (χ4v) is 3.34. The smallest absolute Gasteiger partial charge is 0.357 e. The Bertz CT molecular complexity index is 918. The molecule has 1 heterocycles. The van der Waals surface area contributed by atoms with Crippen molar-refractivity contribution >= 4 is 35.8 Å². The Kier molecular flexibility index (Phi) is 9.15. The van der Waals surface area contributed by atoms with Gasteiger partial charge in [0.2, 0.25) is 5.91 Å². The molecule has 1 aliphatic rings. The van der Waals surface area contributed by atoms with Crippen LogP contribution in [0.3, 0.4) is 0 Å². The van der Waals surface area contributed by atoms with Crippen LogP contribution in [0.15, 0.2) is 53.5 Å². The van der Waals surface area contributed by atoms with Gasteiger partial charge in [0.25, 0.3) is 0 Å². The summed E-state index contributed by atoms with van der Waals surface area (Å²) in [7, 11) is 0. The molecule has 9 heteroatoms. The Balaban J connectivity index is 0.00000341. The second-order valence-corrected chi connectivity index (χ2v) is 7.08. The van der Waals surface area contributed by atoms with Gasteiger partial charge in [0.15, 0.2) is 5.96 Å². The first-order chi connectivity index (χ1) is 14.4. The van der Waals surface area contributed by atoms with Gasteiger partial charge in [-0.3, -0.25) is 4.79 Å². The lowest BCUT2D eigenvalue weighted by molar-refractivity contribution is -0.137. The number of benzene rings is 2. The van der Waals surface area contributed by atoms with Gasteiger partial charge in [-0.25, -0.2) is 4.99 Å². The summed E-state index contributed by atoms with van der Waals surface area (Å²) >= 11 is 0. The third-order valence-electron chi connectivity index (χ3n) is 4.91. The van der Waals surface area contributed by atoms with Crippen molar-refractivity contribution in [3.8, 4) is 0 Å². The third kappa shape index (κ3) is 7.12. The van der Waals surface area contributed by atoms with Crippen molar-refractivity contribution in [1.29, 1.82) is 0 Å². The number of fused-ring (bicyclic) bond motifs is 1. The van der Waals surface area contributed by atoms with E-state index in [1.807, 2.05) is 25.1 Å². The number of nitrogens with one attached hydrogen (secondary N) is 2. The number of rotatable bonds is 5. The summed E-state index contributed by atoms with van der Waals surface area (Å²) in [5.41, 5.74) is 2.17. The summed E-state index contributed by atoms with van der Waals surface area (Å²) < 4.78 is 38.6. The molecule has 0 atom stereocenters. The molecule has 0 fully saturated rings. The number of hydrogen-bond acceptors (Lipinski definition) is 2. The average Bonchev–Trinajstić information content (AvgIpc) is 2.74. The zero-order valence-corrected chi connectivity index (χ0v) is 19.5. The van der Waals surface area contributed by atoms with E-state index in [0.29, 0.717) is 31.2 Å². The van der Waals surface area contributed by atoms with E-state index in [4.69, 9.17) is 0 Å². The van der Waals surface area contributed by atoms with E-state index >= 15 is 0 Å². The highest BCUT2D eigenvalue weighted by Crippen LogP contribution is 2.29. The van der Waals surface area contributed by atoms with Gasteiger partial charge in [-0.1, -0.05) is 36.4 Å². The van der Waals surface area contributed by atoms with Crippen LogP contribution >= 0.6 is 24.0 Å². The molecule has 0 radical (unpaired) electrons. The molecule has 1 aliphatic heterocycles. The lowest BCUT2D eigenvalue weighted by Gasteiger charge is -2.29. The number of carbonyl (C=O) groups is 1. The van der Waals surface area contributed by atoms with Crippen LogP contribution < -0.4 is 10.6 Å². The summed E-state index contributed by atoms with van der Waals surface area (Å²) in [6.07, 6.45) is -3.56. The summed E-state index contributed by atoms with van der Waals surface area (Å²) in [6.45, 7) is 3.83. The maximum Gasteiger partial charge on any atom is 0.416 e. The number of amides is 1. The number of nitrogens with zero attached hydrogens (tertiary/aromatic N) is 2. The van der Waals surface area contributed by atoms with Crippen molar-refractivity contribution in [2.45, 2.75) is 32.6 Å². The van der Waals surface area contributed by atoms with E-state index in [1.54, 1.807) is 11.0 Å². The third-order valence-corrected chi connectivity index (χ3v) is 4.91. The molecular formula is C22H26F3IN4O. The predicted molar refractivity (Wildman–Crippen MR) is 125 cm³/mol. The minimum atomic E-state index is -4.39. The number of aliphatic imine (C=N–C) groups is 1. The molecule has 0 saturated heterocycles. The molecule has 2 N–H and O–H groups in total. The second-order valence-electron chi connectivity index (χ2n) is 7.08. The van der Waals surface area contributed by atoms with Crippen LogP contribution in [0.1, 0.15) is 29.2 Å². The molecule has 2 aromatic rings. The highest BCUT2D eigenvalue weighted by atomic mass is 127. The van der Waals surface area contributed by atoms with Crippen molar-refractivity contribution in [2.75, 3.05) is 19.6 Å². The molecule has 31 heavy (non-hydrogen) atoms. The zero-order valence-electron chi connectivity index (χ0n) is 17.2. The maximum absolute atomic E-state index is 12.9. The van der Waals surface area contributed by atoms with E-state index in [1.165, 1.54) is 11.6 Å². The van der Waals surface area contributed by atoms with Crippen molar-refractivity contribution in [3.05, 3.63) is 70.8 Å². The molecule has 0 bridgehead atoms. The van der Waals surface area contributed by atoms with Crippen LogP contribution in [-0.4, -0.2) is 36.4 Å². The molecule has 3 rings (SSSR count). The number of hydrogen-bond donors (Lipinski definition) is 2. The van der Waals surface area contributed by atoms with Gasteiger partial charge >= 0.3 is 6.18 Å². The average molecular weight is 546 g/mol. The minimum Gasteiger partial charge on any atom is -0.357 e. The van der Waals surface area contributed by atoms with Crippen molar-refractivity contribution in [3.63, 3.8) is 0 Å². The van der Waals surface area contributed by atoms with E-state index < -0.39 is 11.7 Å². The van der Waals surface area contributed by atoms with Crippen molar-refractivity contribution < 1.29 is 18.0 Å². The van der Waals surface area contributed by atoms with Crippen molar-refractivity contribution in [1.82, 2.24) is 15.5 Å². The molecule has 0 spiro atoms. The SMILES string of the molecule is CCNC(=NCc1cccc(C(F)(F)F)c1)NCC(=O)N1CCc2ccccc2C1.I. The fraction of sp³-hybridized carbons (Fsp3) is 0.364. The topological polar surface area (TPSA) is 56.7 Å². The standard InChI is InChI=1S/C22H25F3N4O.HI/c1-2-26-21(27-13-16-6-5-9-19(12-16)22(23,24)25)28-14-20(30)29-11-10-17-7-3-4-8-18(17)15-29;/h3-9,12H,2,10-11,13-15H2,1H3,(H2,26,27,28);1H. The largest absolute Gasteiger partial charge is 0.416 e. The minimum absolute atomic E-state index is 0. The first kappa shape index (κ1) is 25.0. The van der Waals surface area contributed by atoms with Crippen LogP contribution in [0.25, 0.3) is 0 Å². The monoisotopic (exact) mass is 546 g/mol. The molecule has 5 nitrogen and oxygen atoms in total. The van der Waals surface area contributed by atoms with Gasteiger partial charge in [0, 0.05) is 19.6 Å². The van der Waals surface area contributed by atoms with E-state index in [2.05, 4.69) is 21.7 Å². The summed E-state index contributed by atoms with van der Waals surface area (Å²) in [6, 6.07) is 13.2. The molecule has 168 valence electrons. The van der Waals surface area contributed by atoms with Gasteiger partial charge in [0.1, 0.15) is 0 Å². The quantitative estimate of drug-likeness (QED) is 0.339. The number of carbonyl (C=O) groups excluding carboxylic acids is 1. The van der Waals surface area contributed by atoms with Gasteiger partial charge in [-0.2, -0.15) is 13.2 Å². The highest BCUT2D eigenvalue weighted by Gasteiger charge is 2.30. The molecule has 2 aromatic carbocycles. The van der Waals surface area contributed by atoms with E-state index in [-0.39, 0.29) is 43.0 Å². The fourth-order valence-electron chi connectivity index (χ4n) is 3.34. The number of alkyl halides is 3. The second kappa shape index (κ2) is 11.4. The summed E-state index contributed by atoms with van der Waals surface area (Å²) in [5.74, 6) is 0.342. The zero-order chi connectivity index (χ0) is 21.6. The molecule has 1 amide bonds. The summed E-state index contributed by atoms with van der Waals surface area (Å²) in [4.78, 5) is 18.7. The highest BCUT2D eigenvalue weighted by molar-refractivity contribution is 14.0. The normalized spacial score (nSPS) is 13.8. The molecule has 0 aliphatic carbocycles. The molecule has 0 saturated carbocycles. The lowest BCUT2D eigenvalue weighted by Crippen LogP contribution is -2.45. The molecule has 0 unspecified atom stereocenters. The Labute approximate surface area is 197 Å². The molecule has 0 aromatic heterocycles. The van der Waals surface area contributed by atoms with Gasteiger partial charge in [-0.05, 0) is 42.2 Å². The Morgan fingerprint density at radius 1 is 1.10 bits per heavy atom. The first-order valence-corrected chi connectivity index (χ1v) is 9.89. The van der Waals surface area contributed by atoms with Crippen LogP contribution in [0.2, 0.25) is 0 Å². The number of halogens is 4. The lowest BCUT2D eigenvalue weighted by atomic mass is 10.00. The predicted octanol–water partition coefficient (Wildman–Crippen LogP) is 3.96. The van der Waals surface area contributed by atoms with E-state index in [9.17, 15) is 18.0 Å². The van der Waals surface area contributed by atoms with Crippen LogP contribution in [0.4, 0.5) is 13.2 Å². The molecular weight excluding hydrogens is 520 g/mol. The Morgan fingerprint density at radius 2 is 1.84 bits per heavy atom. The van der Waals surface area contributed by atoms with Gasteiger partial charge < -0.3 is 15.5 Å². The van der Waals surface area contributed by atoms with Gasteiger partial charge in [-0.15, -0.1) is 24.0 Å². The van der Waals surface area contributed by atoms with Crippen molar-refractivity contribution in [2.24, 2.45) is 4.99 Å². The van der Waals surface area contributed by atoms with E-state index in [0.717, 1.165) is 24.1 Å².